The van der Waals surface area contributed by atoms with Crippen LogP contribution in [-0.4, -0.2) is 26.1 Å². The van der Waals surface area contributed by atoms with Gasteiger partial charge in [-0.05, 0) is 31.9 Å². The van der Waals surface area contributed by atoms with Gasteiger partial charge in [0.2, 0.25) is 5.91 Å². The molecule has 1 aromatic carbocycles. The van der Waals surface area contributed by atoms with Gasteiger partial charge < -0.3 is 5.32 Å². The second-order valence-corrected chi connectivity index (χ2v) is 8.25. The SMILES string of the molecule is Cc1ccc(S(=O)(=O)CCC(=O)NC2CCCCCC2)cc1. The van der Waals surface area contributed by atoms with Gasteiger partial charge in [-0.2, -0.15) is 0 Å². The highest BCUT2D eigenvalue weighted by Gasteiger charge is 2.19. The first-order chi connectivity index (χ1) is 10.5. The molecule has 122 valence electrons. The first-order valence-electron chi connectivity index (χ1n) is 8.06. The largest absolute Gasteiger partial charge is 0.353 e. The molecule has 1 aromatic rings. The second-order valence-electron chi connectivity index (χ2n) is 6.14. The summed E-state index contributed by atoms with van der Waals surface area (Å²) in [5.41, 5.74) is 1.02. The molecule has 22 heavy (non-hydrogen) atoms. The summed E-state index contributed by atoms with van der Waals surface area (Å²) in [6.45, 7) is 1.91. The summed E-state index contributed by atoms with van der Waals surface area (Å²) in [6, 6.07) is 6.98. The summed E-state index contributed by atoms with van der Waals surface area (Å²) in [4.78, 5) is 12.3. The van der Waals surface area contributed by atoms with E-state index in [0.29, 0.717) is 4.90 Å². The van der Waals surface area contributed by atoms with Crippen molar-refractivity contribution in [3.05, 3.63) is 29.8 Å². The van der Waals surface area contributed by atoms with Gasteiger partial charge in [-0.3, -0.25) is 4.79 Å². The monoisotopic (exact) mass is 323 g/mol. The lowest BCUT2D eigenvalue weighted by Gasteiger charge is -2.16. The maximum Gasteiger partial charge on any atom is 0.221 e. The summed E-state index contributed by atoms with van der Waals surface area (Å²) in [5.74, 6) is -0.281. The molecule has 0 unspecified atom stereocenters. The number of carbonyl (C=O) groups excluding carboxylic acids is 1. The van der Waals surface area contributed by atoms with E-state index in [4.69, 9.17) is 0 Å². The zero-order valence-electron chi connectivity index (χ0n) is 13.2. The zero-order valence-corrected chi connectivity index (χ0v) is 14.0. The number of nitrogens with one attached hydrogen (secondary N) is 1. The average molecular weight is 323 g/mol. The normalized spacial score (nSPS) is 17.0. The van der Waals surface area contributed by atoms with Crippen LogP contribution in [0.25, 0.3) is 0 Å². The predicted octanol–water partition coefficient (Wildman–Crippen LogP) is 3.00. The lowest BCUT2D eigenvalue weighted by atomic mass is 10.1. The van der Waals surface area contributed by atoms with Crippen molar-refractivity contribution >= 4 is 15.7 Å². The molecule has 1 fully saturated rings. The van der Waals surface area contributed by atoms with Crippen LogP contribution in [0, 0.1) is 6.92 Å². The molecule has 1 amide bonds. The van der Waals surface area contributed by atoms with E-state index in [2.05, 4.69) is 5.32 Å². The standard InChI is InChI=1S/C17H25NO3S/c1-14-8-10-16(11-9-14)22(20,21)13-12-17(19)18-15-6-4-2-3-5-7-15/h8-11,15H,2-7,12-13H2,1H3,(H,18,19). The number of hydrogen-bond acceptors (Lipinski definition) is 3. The van der Waals surface area contributed by atoms with Crippen molar-refractivity contribution in [3.8, 4) is 0 Å². The Labute approximate surface area is 133 Å². The minimum Gasteiger partial charge on any atom is -0.353 e. The zero-order chi connectivity index (χ0) is 16.0. The van der Waals surface area contributed by atoms with Gasteiger partial charge in [0, 0.05) is 12.5 Å². The van der Waals surface area contributed by atoms with Crippen LogP contribution in [0.15, 0.2) is 29.2 Å². The Morgan fingerprint density at radius 3 is 2.27 bits per heavy atom. The van der Waals surface area contributed by atoms with Crippen LogP contribution in [0.5, 0.6) is 0 Å². The number of hydrogen-bond donors (Lipinski definition) is 1. The molecule has 1 aliphatic carbocycles. The Morgan fingerprint density at radius 1 is 1.09 bits per heavy atom. The fourth-order valence-electron chi connectivity index (χ4n) is 2.81. The molecule has 2 rings (SSSR count). The first kappa shape index (κ1) is 17.0. The number of carbonyl (C=O) groups is 1. The number of rotatable bonds is 5. The van der Waals surface area contributed by atoms with Crippen molar-refractivity contribution in [2.24, 2.45) is 0 Å². The highest BCUT2D eigenvalue weighted by atomic mass is 32.2. The fourth-order valence-corrected chi connectivity index (χ4v) is 4.05. The van der Waals surface area contributed by atoms with E-state index in [9.17, 15) is 13.2 Å². The van der Waals surface area contributed by atoms with Crippen molar-refractivity contribution in [2.75, 3.05) is 5.75 Å². The third-order valence-corrected chi connectivity index (χ3v) is 5.93. The van der Waals surface area contributed by atoms with Crippen LogP contribution in [0.4, 0.5) is 0 Å². The molecule has 0 radical (unpaired) electrons. The van der Waals surface area contributed by atoms with E-state index in [1.807, 2.05) is 6.92 Å². The molecule has 0 heterocycles. The quantitative estimate of drug-likeness (QED) is 0.847. The van der Waals surface area contributed by atoms with Crippen molar-refractivity contribution < 1.29 is 13.2 Å². The average Bonchev–Trinajstić information content (AvgIpc) is 2.74. The highest BCUT2D eigenvalue weighted by Crippen LogP contribution is 2.17. The number of benzene rings is 1. The van der Waals surface area contributed by atoms with E-state index >= 15 is 0 Å². The summed E-state index contributed by atoms with van der Waals surface area (Å²) in [7, 11) is -3.38. The van der Waals surface area contributed by atoms with Crippen LogP contribution in [0.1, 0.15) is 50.5 Å². The molecule has 5 heteroatoms. The molecule has 0 atom stereocenters. The van der Waals surface area contributed by atoms with E-state index in [1.165, 1.54) is 12.8 Å². The molecule has 0 spiro atoms. The van der Waals surface area contributed by atoms with Gasteiger partial charge in [0.15, 0.2) is 9.84 Å². The number of amides is 1. The van der Waals surface area contributed by atoms with Gasteiger partial charge in [0.05, 0.1) is 10.6 Å². The fraction of sp³-hybridized carbons (Fsp3) is 0.588. The van der Waals surface area contributed by atoms with Gasteiger partial charge in [-0.1, -0.05) is 43.4 Å². The molecule has 0 saturated heterocycles. The summed E-state index contributed by atoms with van der Waals surface area (Å²) < 4.78 is 24.4. The molecule has 0 bridgehead atoms. The summed E-state index contributed by atoms with van der Waals surface area (Å²) in [6.07, 6.45) is 6.81. The van der Waals surface area contributed by atoms with Gasteiger partial charge in [-0.15, -0.1) is 0 Å². The number of sulfone groups is 1. The minimum absolute atomic E-state index is 0.0344. The van der Waals surface area contributed by atoms with Crippen LogP contribution in [0.2, 0.25) is 0 Å². The first-order valence-corrected chi connectivity index (χ1v) is 9.71. The van der Waals surface area contributed by atoms with Crippen molar-refractivity contribution in [3.63, 3.8) is 0 Å². The molecule has 0 aromatic heterocycles. The lowest BCUT2D eigenvalue weighted by Crippen LogP contribution is -2.35. The third-order valence-electron chi connectivity index (χ3n) is 4.20. The molecular formula is C17H25NO3S. The Morgan fingerprint density at radius 2 is 1.68 bits per heavy atom. The van der Waals surface area contributed by atoms with Crippen LogP contribution >= 0.6 is 0 Å². The highest BCUT2D eigenvalue weighted by molar-refractivity contribution is 7.91. The van der Waals surface area contributed by atoms with E-state index in [0.717, 1.165) is 31.2 Å². The van der Waals surface area contributed by atoms with E-state index in [1.54, 1.807) is 24.3 Å². The summed E-state index contributed by atoms with van der Waals surface area (Å²) in [5, 5.41) is 2.99. The smallest absolute Gasteiger partial charge is 0.221 e. The van der Waals surface area contributed by atoms with Gasteiger partial charge in [-0.25, -0.2) is 8.42 Å². The Balaban J connectivity index is 1.85. The van der Waals surface area contributed by atoms with E-state index < -0.39 is 9.84 Å². The Hall–Kier alpha value is -1.36. The summed E-state index contributed by atoms with van der Waals surface area (Å²) >= 11 is 0. The Bertz CT molecular complexity index is 585. The maximum absolute atomic E-state index is 12.2. The Kier molecular flexibility index (Phi) is 6.00. The second kappa shape index (κ2) is 7.77. The van der Waals surface area contributed by atoms with Crippen molar-refractivity contribution in [1.82, 2.24) is 5.32 Å². The maximum atomic E-state index is 12.2. The van der Waals surface area contributed by atoms with Crippen LogP contribution in [-0.2, 0) is 14.6 Å². The van der Waals surface area contributed by atoms with Gasteiger partial charge in [0.1, 0.15) is 0 Å². The molecule has 4 nitrogen and oxygen atoms in total. The lowest BCUT2D eigenvalue weighted by molar-refractivity contribution is -0.121. The van der Waals surface area contributed by atoms with Crippen molar-refractivity contribution in [2.45, 2.75) is 62.8 Å². The van der Waals surface area contributed by atoms with Crippen molar-refractivity contribution in [1.29, 1.82) is 0 Å². The minimum atomic E-state index is -3.38. The third kappa shape index (κ3) is 5.13. The van der Waals surface area contributed by atoms with E-state index in [-0.39, 0.29) is 24.1 Å². The molecule has 1 aliphatic rings. The molecule has 1 N–H and O–H groups in total. The van der Waals surface area contributed by atoms with Crippen LogP contribution < -0.4 is 5.32 Å². The predicted molar refractivity (Wildman–Crippen MR) is 87.5 cm³/mol. The van der Waals surface area contributed by atoms with Gasteiger partial charge >= 0.3 is 0 Å². The van der Waals surface area contributed by atoms with Crippen LogP contribution in [0.3, 0.4) is 0 Å². The number of aryl methyl sites for hydroxylation is 1. The van der Waals surface area contributed by atoms with Gasteiger partial charge in [0.25, 0.3) is 0 Å². The molecule has 0 aliphatic heterocycles. The molecular weight excluding hydrogens is 298 g/mol. The molecule has 1 saturated carbocycles. The topological polar surface area (TPSA) is 63.2 Å².